The summed E-state index contributed by atoms with van der Waals surface area (Å²) < 4.78 is 56.3. The number of hydrogen-bond acceptors (Lipinski definition) is 20. The van der Waals surface area contributed by atoms with Crippen LogP contribution in [0.2, 0.25) is 0 Å². The first-order valence-electron chi connectivity index (χ1n) is 20.4. The maximum atomic E-state index is 14.4. The van der Waals surface area contributed by atoms with E-state index in [-0.39, 0.29) is 29.7 Å². The van der Waals surface area contributed by atoms with Gasteiger partial charge in [-0.05, 0) is 44.9 Å². The van der Waals surface area contributed by atoms with Crippen molar-refractivity contribution in [1.29, 1.82) is 0 Å². The van der Waals surface area contributed by atoms with Gasteiger partial charge in [-0.3, -0.25) is 38.5 Å². The molecule has 1 N–H and O–H groups in total. The van der Waals surface area contributed by atoms with Crippen molar-refractivity contribution in [2.75, 3.05) is 13.2 Å². The van der Waals surface area contributed by atoms with Crippen LogP contribution >= 0.6 is 0 Å². The van der Waals surface area contributed by atoms with Crippen LogP contribution in [-0.4, -0.2) is 129 Å². The fourth-order valence-electron chi connectivity index (χ4n) is 9.87. The van der Waals surface area contributed by atoms with Gasteiger partial charge in [0.05, 0.1) is 28.7 Å². The van der Waals surface area contributed by atoms with E-state index in [1.54, 1.807) is 0 Å². The van der Waals surface area contributed by atoms with E-state index in [1.165, 1.54) is 39.2 Å². The Balaban J connectivity index is 1.78. The number of carbonyl (C=O) groups excluding carboxylic acids is 8. The monoisotopic (exact) mass is 898 g/mol. The Morgan fingerprint density at radius 3 is 2.03 bits per heavy atom. The summed E-state index contributed by atoms with van der Waals surface area (Å²) in [6.07, 6.45) is -9.98. The summed E-state index contributed by atoms with van der Waals surface area (Å²) >= 11 is 0. The second-order valence-electron chi connectivity index (χ2n) is 16.9. The first kappa shape index (κ1) is 47.3. The highest BCUT2D eigenvalue weighted by Crippen LogP contribution is 2.70. The Kier molecular flexibility index (Phi) is 12.8. The molecule has 2 aliphatic heterocycles. The molecule has 12 atom stereocenters. The molecule has 2 saturated carbocycles. The van der Waals surface area contributed by atoms with E-state index in [9.17, 15) is 48.3 Å². The maximum absolute atomic E-state index is 14.4. The molecular formula is C43H50N2O19. The second-order valence-corrected chi connectivity index (χ2v) is 16.9. The number of aliphatic hydroxyl groups is 1. The number of cyclic esters (lactones) is 1. The van der Waals surface area contributed by atoms with Gasteiger partial charge in [0.15, 0.2) is 30.0 Å². The van der Waals surface area contributed by atoms with Crippen LogP contribution < -0.4 is 5.56 Å². The number of ether oxygens (including phenoxy) is 9. The molecule has 4 heterocycles. The summed E-state index contributed by atoms with van der Waals surface area (Å²) in [5.74, 6) is -11.1. The molecule has 4 aliphatic rings. The van der Waals surface area contributed by atoms with E-state index < -0.39 is 137 Å². The van der Waals surface area contributed by atoms with Gasteiger partial charge in [0, 0.05) is 60.1 Å². The van der Waals surface area contributed by atoms with Crippen LogP contribution in [-0.2, 0) is 84.9 Å². The number of hydrogen-bond donors (Lipinski definition) is 1. The lowest BCUT2D eigenvalue weighted by atomic mass is 9.45. The summed E-state index contributed by atoms with van der Waals surface area (Å²) in [7, 11) is 1.35. The first-order chi connectivity index (χ1) is 29.9. The first-order valence-corrected chi connectivity index (χ1v) is 20.4. The van der Waals surface area contributed by atoms with E-state index in [4.69, 9.17) is 42.6 Å². The van der Waals surface area contributed by atoms with Crippen molar-refractivity contribution in [1.82, 2.24) is 9.55 Å². The number of aryl methyl sites for hydroxylation is 2. The fourth-order valence-corrected chi connectivity index (χ4v) is 9.87. The molecule has 6 rings (SSSR count). The van der Waals surface area contributed by atoms with Crippen molar-refractivity contribution < 1.29 is 86.1 Å². The lowest BCUT2D eigenvalue weighted by molar-refractivity contribution is -0.386. The fraction of sp³-hybridized carbons (Fsp3) is 0.581. The van der Waals surface area contributed by atoms with Crippen LogP contribution in [0, 0.1) is 17.3 Å². The molecule has 2 aromatic rings. The molecule has 0 amide bonds. The van der Waals surface area contributed by atoms with E-state index >= 15 is 0 Å². The minimum Gasteiger partial charge on any atom is -0.465 e. The van der Waals surface area contributed by atoms with Crippen LogP contribution in [0.15, 0.2) is 41.5 Å². The zero-order chi connectivity index (χ0) is 47.3. The summed E-state index contributed by atoms with van der Waals surface area (Å²) in [6, 6.07) is 5.10. The van der Waals surface area contributed by atoms with E-state index in [0.29, 0.717) is 0 Å². The van der Waals surface area contributed by atoms with Crippen LogP contribution in [0.25, 0.3) is 0 Å². The molecule has 2 aliphatic carbocycles. The highest BCUT2D eigenvalue weighted by Gasteiger charge is 2.92. The van der Waals surface area contributed by atoms with Crippen LogP contribution in [0.5, 0.6) is 0 Å². The summed E-state index contributed by atoms with van der Waals surface area (Å²) in [5.41, 5.74) is -11.1. The Hall–Kier alpha value is -6.22. The predicted molar refractivity (Wildman–Crippen MR) is 210 cm³/mol. The zero-order valence-electron chi connectivity index (χ0n) is 36.6. The molecule has 1 saturated heterocycles. The standard InChI is InChI=1S/C43H50N2O19/c1-20-12-14-28-27(11-10-16-44-28)39(54)57-18-40(7)30-31(58-22(3)47)35(60-24(5)49)42(19-56-21(2)46)36(61-25(6)50)32(62-38(53)26-13-15-29(51)45(9)17-26)34(63-37(20)52)41(8,55)43(42,64-40)33(30)59-23(4)48/h10-11,13,15-17,20,30-36,55H,12,14,18-19H2,1-9H3. The number of rotatable bonds is 8. The number of aromatic nitrogens is 2. The number of carbonyl (C=O) groups is 8. The van der Waals surface area contributed by atoms with Crippen LogP contribution in [0.4, 0.5) is 0 Å². The average Bonchev–Trinajstić information content (AvgIpc) is 3.42. The SMILES string of the molecule is CC(=O)OCC12C(OC(C)=O)C(OC(C)=O)C3C(OC(C)=O)C14OC3(C)COC(=O)c1cccnc1CCC(C)C(=O)OC(C(OC(=O)c1ccc(=O)n(C)c1)C2OC(C)=O)C4(C)O. The molecule has 0 radical (unpaired) electrons. The van der Waals surface area contributed by atoms with Gasteiger partial charge in [0.2, 0.25) is 5.56 Å². The molecule has 0 aromatic carbocycles. The lowest BCUT2D eigenvalue weighted by Crippen LogP contribution is -2.89. The summed E-state index contributed by atoms with van der Waals surface area (Å²) in [4.78, 5) is 126. The average molecular weight is 899 g/mol. The van der Waals surface area contributed by atoms with Crippen molar-refractivity contribution in [3.8, 4) is 0 Å². The van der Waals surface area contributed by atoms with Crippen molar-refractivity contribution in [3.05, 3.63) is 63.8 Å². The highest BCUT2D eigenvalue weighted by molar-refractivity contribution is 5.91. The van der Waals surface area contributed by atoms with Crippen molar-refractivity contribution in [2.45, 2.75) is 122 Å². The van der Waals surface area contributed by atoms with Gasteiger partial charge < -0.3 is 52.3 Å². The maximum Gasteiger partial charge on any atom is 0.340 e. The molecule has 64 heavy (non-hydrogen) atoms. The highest BCUT2D eigenvalue weighted by atomic mass is 16.7. The van der Waals surface area contributed by atoms with Gasteiger partial charge in [-0.2, -0.15) is 0 Å². The van der Waals surface area contributed by atoms with E-state index in [1.807, 2.05) is 0 Å². The quantitative estimate of drug-likeness (QED) is 0.284. The van der Waals surface area contributed by atoms with Gasteiger partial charge in [0.25, 0.3) is 0 Å². The van der Waals surface area contributed by atoms with Gasteiger partial charge >= 0.3 is 47.8 Å². The zero-order valence-corrected chi connectivity index (χ0v) is 36.6. The summed E-state index contributed by atoms with van der Waals surface area (Å²) in [6.45, 7) is 6.88. The predicted octanol–water partition coefficient (Wildman–Crippen LogP) is 0.855. The Morgan fingerprint density at radius 1 is 0.828 bits per heavy atom. The minimum atomic E-state index is -2.92. The van der Waals surface area contributed by atoms with Crippen LogP contribution in [0.3, 0.4) is 0 Å². The lowest BCUT2D eigenvalue weighted by Gasteiger charge is -2.67. The largest absolute Gasteiger partial charge is 0.465 e. The molecule has 4 bridgehead atoms. The number of pyridine rings is 2. The topological polar surface area (TPSA) is 275 Å². The molecule has 12 unspecified atom stereocenters. The second kappa shape index (κ2) is 17.4. The number of fused-ring (bicyclic) bond motifs is 5. The van der Waals surface area contributed by atoms with Gasteiger partial charge in [-0.25, -0.2) is 9.59 Å². The normalized spacial score (nSPS) is 34.3. The molecule has 3 fully saturated rings. The minimum absolute atomic E-state index is 0.00166. The third-order valence-electron chi connectivity index (χ3n) is 12.4. The smallest absolute Gasteiger partial charge is 0.340 e. The van der Waals surface area contributed by atoms with Crippen LogP contribution in [0.1, 0.15) is 88.2 Å². The van der Waals surface area contributed by atoms with Crippen molar-refractivity contribution >= 4 is 47.8 Å². The molecule has 346 valence electrons. The Morgan fingerprint density at radius 2 is 1.44 bits per heavy atom. The van der Waals surface area contributed by atoms with E-state index in [0.717, 1.165) is 64.4 Å². The van der Waals surface area contributed by atoms with Gasteiger partial charge in [0.1, 0.15) is 42.0 Å². The third kappa shape index (κ3) is 7.99. The van der Waals surface area contributed by atoms with Crippen molar-refractivity contribution in [3.63, 3.8) is 0 Å². The van der Waals surface area contributed by atoms with E-state index in [2.05, 4.69) is 4.98 Å². The number of nitrogens with zero attached hydrogens (tertiary/aromatic N) is 2. The van der Waals surface area contributed by atoms with Gasteiger partial charge in [-0.1, -0.05) is 6.92 Å². The molecule has 21 nitrogen and oxygen atoms in total. The Labute approximate surface area is 365 Å². The molecule has 1 spiro atoms. The number of esters is 8. The third-order valence-corrected chi connectivity index (χ3v) is 12.4. The van der Waals surface area contributed by atoms with Crippen molar-refractivity contribution in [2.24, 2.45) is 24.3 Å². The molecular weight excluding hydrogens is 848 g/mol. The molecule has 21 heteroatoms. The van der Waals surface area contributed by atoms with Gasteiger partial charge in [-0.15, -0.1) is 0 Å². The molecule has 2 aromatic heterocycles. The Bertz CT molecular complexity index is 2320. The summed E-state index contributed by atoms with van der Waals surface area (Å²) in [5, 5.41) is 13.7.